The number of aryl methyl sites for hydroxylation is 1. The predicted octanol–water partition coefficient (Wildman–Crippen LogP) is 3.46. The van der Waals surface area contributed by atoms with Gasteiger partial charge in [-0.2, -0.15) is 0 Å². The van der Waals surface area contributed by atoms with Gasteiger partial charge in [-0.1, -0.05) is 30.3 Å². The van der Waals surface area contributed by atoms with E-state index in [1.54, 1.807) is 0 Å². The molecule has 2 atom stereocenters. The number of piperidine rings is 2. The molecule has 0 bridgehead atoms. The minimum atomic E-state index is 0. The number of benzene rings is 1. The highest BCUT2D eigenvalue weighted by Gasteiger charge is 2.36. The van der Waals surface area contributed by atoms with Crippen molar-refractivity contribution >= 4 is 29.9 Å². The molecule has 7 heteroatoms. The predicted molar refractivity (Wildman–Crippen MR) is 132 cm³/mol. The molecule has 6 nitrogen and oxygen atoms in total. The smallest absolute Gasteiger partial charge is 0.193 e. The van der Waals surface area contributed by atoms with E-state index in [1.165, 1.54) is 31.4 Å². The van der Waals surface area contributed by atoms with Crippen LogP contribution in [0.1, 0.15) is 36.3 Å². The SMILES string of the molecule is CN=C(NCc1ccnc(C)n1)N1CCC2C(CCCN2Cc2ccccc2)C1.I. The van der Waals surface area contributed by atoms with Gasteiger partial charge >= 0.3 is 0 Å². The maximum atomic E-state index is 4.55. The van der Waals surface area contributed by atoms with E-state index < -0.39 is 0 Å². The van der Waals surface area contributed by atoms with Crippen LogP contribution in [0.3, 0.4) is 0 Å². The molecule has 2 aliphatic rings. The molecule has 2 unspecified atom stereocenters. The van der Waals surface area contributed by atoms with E-state index in [9.17, 15) is 0 Å². The molecule has 0 saturated carbocycles. The van der Waals surface area contributed by atoms with Crippen molar-refractivity contribution in [1.82, 2.24) is 25.1 Å². The van der Waals surface area contributed by atoms with Gasteiger partial charge in [-0.25, -0.2) is 9.97 Å². The first-order chi connectivity index (χ1) is 14.2. The first-order valence-electron chi connectivity index (χ1n) is 10.7. The topological polar surface area (TPSA) is 56.7 Å². The lowest BCUT2D eigenvalue weighted by molar-refractivity contribution is 0.0372. The number of aromatic nitrogens is 2. The lowest BCUT2D eigenvalue weighted by Gasteiger charge is -2.48. The van der Waals surface area contributed by atoms with Crippen molar-refractivity contribution in [2.24, 2.45) is 10.9 Å². The summed E-state index contributed by atoms with van der Waals surface area (Å²) in [7, 11) is 1.88. The maximum absolute atomic E-state index is 4.55. The normalized spacial score (nSPS) is 22.2. The Hall–Kier alpha value is -1.74. The lowest BCUT2D eigenvalue weighted by atomic mass is 9.83. The first kappa shape index (κ1) is 22.9. The van der Waals surface area contributed by atoms with Crippen LogP contribution >= 0.6 is 24.0 Å². The van der Waals surface area contributed by atoms with E-state index in [4.69, 9.17) is 0 Å². The summed E-state index contributed by atoms with van der Waals surface area (Å²) in [6, 6.07) is 13.5. The fourth-order valence-corrected chi connectivity index (χ4v) is 4.82. The molecule has 0 radical (unpaired) electrons. The summed E-state index contributed by atoms with van der Waals surface area (Å²) in [6.07, 6.45) is 5.62. The number of nitrogens with zero attached hydrogens (tertiary/aromatic N) is 5. The van der Waals surface area contributed by atoms with Gasteiger partial charge in [0, 0.05) is 38.9 Å². The number of likely N-dealkylation sites (tertiary alicyclic amines) is 2. The van der Waals surface area contributed by atoms with Crippen LogP contribution in [0.15, 0.2) is 47.6 Å². The molecular weight excluding hydrogens is 487 g/mol. The number of guanidine groups is 1. The minimum Gasteiger partial charge on any atom is -0.351 e. The Morgan fingerprint density at radius 2 is 2.00 bits per heavy atom. The quantitative estimate of drug-likeness (QED) is 0.380. The second kappa shape index (κ2) is 11.0. The molecule has 3 heterocycles. The molecule has 2 saturated heterocycles. The summed E-state index contributed by atoms with van der Waals surface area (Å²) in [6.45, 7) is 7.03. The highest BCUT2D eigenvalue weighted by atomic mass is 127. The minimum absolute atomic E-state index is 0. The summed E-state index contributed by atoms with van der Waals surface area (Å²) < 4.78 is 0. The maximum Gasteiger partial charge on any atom is 0.193 e. The number of aliphatic imine (C=N–C) groups is 1. The molecule has 2 aromatic rings. The molecule has 162 valence electrons. The zero-order chi connectivity index (χ0) is 20.1. The van der Waals surface area contributed by atoms with Crippen LogP contribution in [-0.2, 0) is 13.1 Å². The van der Waals surface area contributed by atoms with E-state index in [0.29, 0.717) is 18.5 Å². The highest BCUT2D eigenvalue weighted by Crippen LogP contribution is 2.31. The Labute approximate surface area is 197 Å². The fourth-order valence-electron chi connectivity index (χ4n) is 4.82. The van der Waals surface area contributed by atoms with E-state index in [1.807, 2.05) is 26.2 Å². The summed E-state index contributed by atoms with van der Waals surface area (Å²) in [4.78, 5) is 18.3. The van der Waals surface area contributed by atoms with E-state index in [-0.39, 0.29) is 24.0 Å². The molecular formula is C23H33IN6. The summed E-state index contributed by atoms with van der Waals surface area (Å²) in [5.74, 6) is 2.50. The van der Waals surface area contributed by atoms with Crippen molar-refractivity contribution in [2.75, 3.05) is 26.7 Å². The van der Waals surface area contributed by atoms with Gasteiger partial charge in [0.15, 0.2) is 5.96 Å². The van der Waals surface area contributed by atoms with Gasteiger partial charge in [0.05, 0.1) is 12.2 Å². The average Bonchev–Trinajstić information content (AvgIpc) is 2.75. The summed E-state index contributed by atoms with van der Waals surface area (Å²) in [5.41, 5.74) is 2.42. The number of hydrogen-bond donors (Lipinski definition) is 1. The second-order valence-corrected chi connectivity index (χ2v) is 8.16. The Morgan fingerprint density at radius 3 is 2.77 bits per heavy atom. The van der Waals surface area contributed by atoms with Gasteiger partial charge in [-0.3, -0.25) is 9.89 Å². The number of hydrogen-bond acceptors (Lipinski definition) is 4. The lowest BCUT2D eigenvalue weighted by Crippen LogP contribution is -2.56. The summed E-state index contributed by atoms with van der Waals surface area (Å²) >= 11 is 0. The Morgan fingerprint density at radius 1 is 1.17 bits per heavy atom. The molecule has 0 aliphatic carbocycles. The van der Waals surface area contributed by atoms with Gasteiger partial charge in [0.1, 0.15) is 5.82 Å². The number of fused-ring (bicyclic) bond motifs is 1. The van der Waals surface area contributed by atoms with Crippen molar-refractivity contribution in [3.05, 3.63) is 59.7 Å². The molecule has 0 amide bonds. The Kier molecular flexibility index (Phi) is 8.44. The van der Waals surface area contributed by atoms with Gasteiger partial charge in [-0.15, -0.1) is 24.0 Å². The molecule has 4 rings (SSSR count). The van der Waals surface area contributed by atoms with Crippen molar-refractivity contribution in [2.45, 2.75) is 45.3 Å². The van der Waals surface area contributed by atoms with Gasteiger partial charge in [0.2, 0.25) is 0 Å². The van der Waals surface area contributed by atoms with Crippen molar-refractivity contribution in [3.63, 3.8) is 0 Å². The van der Waals surface area contributed by atoms with Gasteiger partial charge < -0.3 is 10.2 Å². The van der Waals surface area contributed by atoms with Crippen LogP contribution in [-0.4, -0.2) is 58.5 Å². The second-order valence-electron chi connectivity index (χ2n) is 8.16. The van der Waals surface area contributed by atoms with E-state index in [2.05, 4.69) is 60.4 Å². The highest BCUT2D eigenvalue weighted by molar-refractivity contribution is 14.0. The van der Waals surface area contributed by atoms with Crippen molar-refractivity contribution < 1.29 is 0 Å². The zero-order valence-corrected chi connectivity index (χ0v) is 20.3. The fraction of sp³-hybridized carbons (Fsp3) is 0.522. The third kappa shape index (κ3) is 5.69. The molecule has 1 aromatic carbocycles. The van der Waals surface area contributed by atoms with Crippen molar-refractivity contribution in [3.8, 4) is 0 Å². The average molecular weight is 520 g/mol. The molecule has 2 aliphatic heterocycles. The van der Waals surface area contributed by atoms with Crippen LogP contribution in [0.25, 0.3) is 0 Å². The standard InChI is InChI=1S/C23H32N6.HI/c1-18-25-12-10-21(27-18)15-26-23(24-2)29-14-11-22-20(17-29)9-6-13-28(22)16-19-7-4-3-5-8-19;/h3-5,7-8,10,12,20,22H,6,9,11,13-17H2,1-2H3,(H,24,26);1H. The van der Waals surface area contributed by atoms with Crippen LogP contribution in [0, 0.1) is 12.8 Å². The van der Waals surface area contributed by atoms with Crippen LogP contribution < -0.4 is 5.32 Å². The van der Waals surface area contributed by atoms with Gasteiger partial charge in [-0.05, 0) is 50.3 Å². The molecule has 1 N–H and O–H groups in total. The van der Waals surface area contributed by atoms with Crippen molar-refractivity contribution in [1.29, 1.82) is 0 Å². The van der Waals surface area contributed by atoms with Crippen LogP contribution in [0.4, 0.5) is 0 Å². The number of nitrogens with one attached hydrogen (secondary N) is 1. The molecule has 2 fully saturated rings. The molecule has 0 spiro atoms. The Balaban J connectivity index is 0.00000256. The third-order valence-electron chi connectivity index (χ3n) is 6.18. The molecule has 1 aromatic heterocycles. The van der Waals surface area contributed by atoms with E-state index in [0.717, 1.165) is 37.1 Å². The zero-order valence-electron chi connectivity index (χ0n) is 18.0. The number of halogens is 1. The third-order valence-corrected chi connectivity index (χ3v) is 6.18. The van der Waals surface area contributed by atoms with Crippen LogP contribution in [0.2, 0.25) is 0 Å². The van der Waals surface area contributed by atoms with Gasteiger partial charge in [0.25, 0.3) is 0 Å². The first-order valence-corrected chi connectivity index (χ1v) is 10.7. The number of rotatable bonds is 4. The Bertz CT molecular complexity index is 827. The van der Waals surface area contributed by atoms with Crippen LogP contribution in [0.5, 0.6) is 0 Å². The molecule has 30 heavy (non-hydrogen) atoms. The summed E-state index contributed by atoms with van der Waals surface area (Å²) in [5, 5.41) is 3.50. The monoisotopic (exact) mass is 520 g/mol. The van der Waals surface area contributed by atoms with E-state index >= 15 is 0 Å². The largest absolute Gasteiger partial charge is 0.351 e.